The third-order valence-electron chi connectivity index (χ3n) is 3.03. The van der Waals surface area contributed by atoms with Crippen LogP contribution in [-0.2, 0) is 0 Å². The molecule has 0 aliphatic heterocycles. The number of halogens is 3. The first-order chi connectivity index (χ1) is 9.56. The van der Waals surface area contributed by atoms with E-state index >= 15 is 0 Å². The van der Waals surface area contributed by atoms with E-state index in [4.69, 9.17) is 23.2 Å². The SMILES string of the molecule is O=C(c1cccc(Br)c1)c1c[nH]c2cc(Cl)cc(Cl)c12. The molecule has 0 bridgehead atoms. The highest BCUT2D eigenvalue weighted by Crippen LogP contribution is 2.31. The van der Waals surface area contributed by atoms with Crippen molar-refractivity contribution in [3.8, 4) is 0 Å². The smallest absolute Gasteiger partial charge is 0.195 e. The Bertz CT molecular complexity index is 826. The number of fused-ring (bicyclic) bond motifs is 1. The van der Waals surface area contributed by atoms with Crippen LogP contribution in [0, 0.1) is 0 Å². The van der Waals surface area contributed by atoms with Gasteiger partial charge in [0.2, 0.25) is 0 Å². The molecule has 0 spiro atoms. The number of benzene rings is 2. The van der Waals surface area contributed by atoms with Gasteiger partial charge in [0, 0.05) is 37.7 Å². The summed E-state index contributed by atoms with van der Waals surface area (Å²) in [7, 11) is 0. The van der Waals surface area contributed by atoms with Gasteiger partial charge in [0.05, 0.1) is 5.02 Å². The van der Waals surface area contributed by atoms with Crippen molar-refractivity contribution in [2.75, 3.05) is 0 Å². The van der Waals surface area contributed by atoms with Crippen LogP contribution in [0.3, 0.4) is 0 Å². The molecule has 5 heteroatoms. The van der Waals surface area contributed by atoms with Crippen LogP contribution in [0.25, 0.3) is 10.9 Å². The number of aromatic nitrogens is 1. The van der Waals surface area contributed by atoms with Crippen LogP contribution in [0.1, 0.15) is 15.9 Å². The van der Waals surface area contributed by atoms with Crippen molar-refractivity contribution in [2.45, 2.75) is 0 Å². The minimum Gasteiger partial charge on any atom is -0.360 e. The monoisotopic (exact) mass is 367 g/mol. The summed E-state index contributed by atoms with van der Waals surface area (Å²) in [6.45, 7) is 0. The van der Waals surface area contributed by atoms with Crippen LogP contribution in [0.4, 0.5) is 0 Å². The van der Waals surface area contributed by atoms with E-state index in [1.165, 1.54) is 0 Å². The molecule has 3 aromatic rings. The zero-order valence-electron chi connectivity index (χ0n) is 10.1. The number of H-pyrrole nitrogens is 1. The highest BCUT2D eigenvalue weighted by atomic mass is 79.9. The van der Waals surface area contributed by atoms with E-state index < -0.39 is 0 Å². The van der Waals surface area contributed by atoms with Gasteiger partial charge in [0.15, 0.2) is 5.78 Å². The maximum atomic E-state index is 12.6. The van der Waals surface area contributed by atoms with Crippen LogP contribution in [0.15, 0.2) is 47.1 Å². The molecule has 1 heterocycles. The highest BCUT2D eigenvalue weighted by molar-refractivity contribution is 9.10. The summed E-state index contributed by atoms with van der Waals surface area (Å²) in [6.07, 6.45) is 1.66. The Hall–Kier alpha value is -1.29. The number of nitrogens with one attached hydrogen (secondary N) is 1. The summed E-state index contributed by atoms with van der Waals surface area (Å²) in [5, 5.41) is 1.69. The van der Waals surface area contributed by atoms with E-state index in [0.717, 1.165) is 9.99 Å². The Kier molecular flexibility index (Phi) is 3.59. The predicted octanol–water partition coefficient (Wildman–Crippen LogP) is 5.47. The third-order valence-corrected chi connectivity index (χ3v) is 4.04. The first-order valence-corrected chi connectivity index (χ1v) is 7.37. The second kappa shape index (κ2) is 5.24. The molecule has 0 saturated heterocycles. The Balaban J connectivity index is 2.18. The Morgan fingerprint density at radius 2 is 1.95 bits per heavy atom. The molecule has 0 aliphatic carbocycles. The number of carbonyl (C=O) groups is 1. The van der Waals surface area contributed by atoms with Gasteiger partial charge < -0.3 is 4.98 Å². The minimum atomic E-state index is -0.0817. The first kappa shape index (κ1) is 13.7. The van der Waals surface area contributed by atoms with Crippen molar-refractivity contribution in [3.05, 3.63) is 68.2 Å². The van der Waals surface area contributed by atoms with Gasteiger partial charge in [-0.2, -0.15) is 0 Å². The summed E-state index contributed by atoms with van der Waals surface area (Å²) >= 11 is 15.5. The normalized spacial score (nSPS) is 10.9. The zero-order chi connectivity index (χ0) is 14.3. The van der Waals surface area contributed by atoms with E-state index in [1.807, 2.05) is 12.1 Å². The van der Waals surface area contributed by atoms with Gasteiger partial charge in [-0.15, -0.1) is 0 Å². The molecule has 0 atom stereocenters. The molecule has 100 valence electrons. The molecule has 0 radical (unpaired) electrons. The predicted molar refractivity (Wildman–Crippen MR) is 85.9 cm³/mol. The number of aromatic amines is 1. The molecule has 0 amide bonds. The van der Waals surface area contributed by atoms with E-state index in [1.54, 1.807) is 30.5 Å². The van der Waals surface area contributed by atoms with Crippen LogP contribution in [0.2, 0.25) is 10.0 Å². The lowest BCUT2D eigenvalue weighted by Gasteiger charge is -2.02. The van der Waals surface area contributed by atoms with Crippen LogP contribution < -0.4 is 0 Å². The van der Waals surface area contributed by atoms with Crippen molar-refractivity contribution >= 4 is 55.8 Å². The third kappa shape index (κ3) is 2.37. The molecule has 2 aromatic carbocycles. The number of carbonyl (C=O) groups excluding carboxylic acids is 1. The van der Waals surface area contributed by atoms with Crippen molar-refractivity contribution in [3.63, 3.8) is 0 Å². The second-order valence-electron chi connectivity index (χ2n) is 4.35. The summed E-state index contributed by atoms with van der Waals surface area (Å²) in [5.41, 5.74) is 1.90. The molecule has 0 aliphatic rings. The second-order valence-corrected chi connectivity index (χ2v) is 6.11. The van der Waals surface area contributed by atoms with Crippen molar-refractivity contribution < 1.29 is 4.79 Å². The topological polar surface area (TPSA) is 32.9 Å². The first-order valence-electron chi connectivity index (χ1n) is 5.82. The number of rotatable bonds is 2. The fourth-order valence-corrected chi connectivity index (χ4v) is 3.14. The summed E-state index contributed by atoms with van der Waals surface area (Å²) in [6, 6.07) is 10.6. The molecule has 1 N–H and O–H groups in total. The average molecular weight is 369 g/mol. The number of hydrogen-bond donors (Lipinski definition) is 1. The van der Waals surface area contributed by atoms with Crippen molar-refractivity contribution in [1.82, 2.24) is 4.98 Å². The lowest BCUT2D eigenvalue weighted by atomic mass is 10.0. The molecule has 20 heavy (non-hydrogen) atoms. The van der Waals surface area contributed by atoms with Gasteiger partial charge in [0.25, 0.3) is 0 Å². The maximum absolute atomic E-state index is 12.6. The lowest BCUT2D eigenvalue weighted by molar-refractivity contribution is 0.104. The molecule has 3 rings (SSSR count). The molecule has 2 nitrogen and oxygen atoms in total. The Morgan fingerprint density at radius 1 is 1.15 bits per heavy atom. The Labute approximate surface area is 133 Å². The number of ketones is 1. The zero-order valence-corrected chi connectivity index (χ0v) is 13.2. The molecule has 0 fully saturated rings. The van der Waals surface area contributed by atoms with Crippen LogP contribution in [-0.4, -0.2) is 10.8 Å². The summed E-state index contributed by atoms with van der Waals surface area (Å²) < 4.78 is 0.859. The van der Waals surface area contributed by atoms with E-state index in [2.05, 4.69) is 20.9 Å². The lowest BCUT2D eigenvalue weighted by Crippen LogP contribution is -2.00. The van der Waals surface area contributed by atoms with Crippen LogP contribution >= 0.6 is 39.1 Å². The molecule has 0 saturated carbocycles. The summed E-state index contributed by atoms with van der Waals surface area (Å²) in [5.74, 6) is -0.0817. The molecule has 1 aromatic heterocycles. The minimum absolute atomic E-state index is 0.0817. The quantitative estimate of drug-likeness (QED) is 0.598. The average Bonchev–Trinajstić information content (AvgIpc) is 2.81. The molecule has 0 unspecified atom stereocenters. The van der Waals surface area contributed by atoms with Crippen LogP contribution in [0.5, 0.6) is 0 Å². The Morgan fingerprint density at radius 3 is 2.70 bits per heavy atom. The number of hydrogen-bond acceptors (Lipinski definition) is 1. The fraction of sp³-hybridized carbons (Fsp3) is 0. The van der Waals surface area contributed by atoms with Gasteiger partial charge in [0.1, 0.15) is 0 Å². The molecular formula is C15H8BrCl2NO. The van der Waals surface area contributed by atoms with Gasteiger partial charge in [-0.25, -0.2) is 0 Å². The van der Waals surface area contributed by atoms with Gasteiger partial charge in [-0.1, -0.05) is 51.3 Å². The highest BCUT2D eigenvalue weighted by Gasteiger charge is 2.17. The fourth-order valence-electron chi connectivity index (χ4n) is 2.15. The van der Waals surface area contributed by atoms with E-state index in [0.29, 0.717) is 26.6 Å². The van der Waals surface area contributed by atoms with E-state index in [-0.39, 0.29) is 5.78 Å². The van der Waals surface area contributed by atoms with Gasteiger partial charge in [-0.3, -0.25) is 4.79 Å². The molecular weight excluding hydrogens is 361 g/mol. The largest absolute Gasteiger partial charge is 0.360 e. The summed E-state index contributed by atoms with van der Waals surface area (Å²) in [4.78, 5) is 15.6. The maximum Gasteiger partial charge on any atom is 0.195 e. The van der Waals surface area contributed by atoms with Gasteiger partial charge >= 0.3 is 0 Å². The standard InChI is InChI=1S/C15H8BrCl2NO/c16-9-3-1-2-8(4-9)15(20)11-7-19-13-6-10(17)5-12(18)14(11)13/h1-7,19H. The van der Waals surface area contributed by atoms with Gasteiger partial charge in [-0.05, 0) is 24.3 Å². The van der Waals surface area contributed by atoms with Crippen molar-refractivity contribution in [2.24, 2.45) is 0 Å². The van der Waals surface area contributed by atoms with E-state index in [9.17, 15) is 4.79 Å². The van der Waals surface area contributed by atoms with Crippen molar-refractivity contribution in [1.29, 1.82) is 0 Å².